The molecule has 10 heavy (non-hydrogen) atoms. The van der Waals surface area contributed by atoms with E-state index in [0.717, 1.165) is 0 Å². The third-order valence-electron chi connectivity index (χ3n) is 0.213. The van der Waals surface area contributed by atoms with Gasteiger partial charge in [0.1, 0.15) is 0 Å². The maximum atomic E-state index is 8.25. The van der Waals surface area contributed by atoms with Gasteiger partial charge in [-0.3, -0.25) is 0 Å². The van der Waals surface area contributed by atoms with Crippen LogP contribution in [-0.2, 0) is 27.9 Å². The van der Waals surface area contributed by atoms with Crippen LogP contribution in [0.5, 0.6) is 0 Å². The molecular weight excluding hydrogens is 343 g/mol. The first kappa shape index (κ1) is 15.2. The first-order valence-electron chi connectivity index (χ1n) is 1.53. The molecule has 0 aliphatic heterocycles. The van der Waals surface area contributed by atoms with Gasteiger partial charge in [-0.25, -0.2) is 4.31 Å². The van der Waals surface area contributed by atoms with E-state index >= 15 is 0 Å². The van der Waals surface area contributed by atoms with E-state index in [1.165, 1.54) is 0 Å². The second-order valence-corrected chi connectivity index (χ2v) is 6.53. The summed E-state index contributed by atoms with van der Waals surface area (Å²) in [7, 11) is 0. The van der Waals surface area contributed by atoms with Gasteiger partial charge >= 0.3 is 62.3 Å². The summed E-state index contributed by atoms with van der Waals surface area (Å²) in [6, 6.07) is 0. The molecule has 4 N–H and O–H groups in total. The van der Waals surface area contributed by atoms with Crippen LogP contribution in [0, 0.1) is 0 Å². The first-order chi connectivity index (χ1) is 3.71. The fourth-order valence-corrected chi connectivity index (χ4v) is 3.30. The Bertz CT molecular complexity index is 158. The predicted molar refractivity (Wildman–Crippen MR) is 47.1 cm³/mol. The van der Waals surface area contributed by atoms with E-state index in [-0.39, 0.29) is 48.9 Å². The second-order valence-electron chi connectivity index (χ2n) is 1.06. The summed E-state index contributed by atoms with van der Waals surface area (Å²) in [5, 5.41) is 0. The van der Waals surface area contributed by atoms with Crippen LogP contribution in [0.1, 0.15) is 0 Å². The molecule has 5 nitrogen and oxygen atoms in total. The Labute approximate surface area is 108 Å². The molecule has 0 spiro atoms. The molecule has 0 aromatic rings. The molecule has 0 aromatic carbocycles. The molecule has 0 saturated heterocycles. The minimum absolute atomic E-state index is 0. The van der Waals surface area contributed by atoms with Gasteiger partial charge in [0.25, 0.3) is 0 Å². The molecule has 0 unspecified atom stereocenters. The molecule has 0 rings (SSSR count). The Morgan fingerprint density at radius 3 is 1.10 bits per heavy atom. The Morgan fingerprint density at radius 1 is 0.900 bits per heavy atom. The minimum atomic E-state index is -4.01. The average Bonchev–Trinajstić information content (AvgIpc) is 1.14. The zero-order valence-corrected chi connectivity index (χ0v) is 7.33. The zero-order valence-electron chi connectivity index (χ0n) is 3.91. The van der Waals surface area contributed by atoms with Crippen molar-refractivity contribution in [2.75, 3.05) is 0 Å². The van der Waals surface area contributed by atoms with Crippen molar-refractivity contribution in [3.63, 3.8) is 0 Å². The Hall–Kier alpha value is 2.67. The van der Waals surface area contributed by atoms with Crippen molar-refractivity contribution in [1.82, 2.24) is 0 Å². The van der Waals surface area contributed by atoms with Crippen LogP contribution in [0.3, 0.4) is 0 Å². The molecule has 0 fully saturated rings. The monoisotopic (exact) mass is 350 g/mol. The van der Waals surface area contributed by atoms with Gasteiger partial charge < -0.3 is 19.6 Å². The fraction of sp³-hybridized carbons (Fsp3) is 0. The van der Waals surface area contributed by atoms with E-state index in [4.69, 9.17) is 19.6 Å². The van der Waals surface area contributed by atoms with Crippen LogP contribution in [-0.4, -0.2) is 68.5 Å². The normalized spacial score (nSPS) is 12.4. The number of hydrogen-bond donors (Lipinski definition) is 4. The molecule has 0 amide bonds. The van der Waals surface area contributed by atoms with Crippen molar-refractivity contribution in [3.8, 4) is 0 Å². The summed E-state index contributed by atoms with van der Waals surface area (Å²) in [6.45, 7) is -8.02. The zero-order chi connectivity index (χ0) is 7.71. The van der Waals surface area contributed by atoms with Crippen molar-refractivity contribution in [1.29, 1.82) is 0 Å². The summed E-state index contributed by atoms with van der Waals surface area (Å²) in [5.74, 6) is 0. The van der Waals surface area contributed by atoms with Crippen molar-refractivity contribution >= 4 is 85.9 Å². The molecule has 0 aliphatic carbocycles. The van der Waals surface area contributed by atoms with Crippen molar-refractivity contribution in [2.24, 2.45) is 0 Å². The third kappa shape index (κ3) is 13.3. The van der Waals surface area contributed by atoms with Gasteiger partial charge in [-0.05, 0) is 23.6 Å². The Morgan fingerprint density at radius 2 is 1.10 bits per heavy atom. The van der Waals surface area contributed by atoms with E-state index in [9.17, 15) is 0 Å². The summed E-state index contributed by atoms with van der Waals surface area (Å²) in [4.78, 5) is 33.0. The Kier molecular flexibility index (Phi) is 8.20. The van der Waals surface area contributed by atoms with Crippen molar-refractivity contribution in [3.05, 3.63) is 0 Å². The molecule has 60 valence electrons. The van der Waals surface area contributed by atoms with E-state index < -0.39 is 13.4 Å². The molecule has 0 heterocycles. The predicted octanol–water partition coefficient (Wildman–Crippen LogP) is -1.50. The van der Waals surface area contributed by atoms with E-state index in [0.29, 0.717) is 0 Å². The van der Waals surface area contributed by atoms with E-state index in [1.807, 2.05) is 0 Å². The average molecular weight is 349 g/mol. The molecule has 0 aromatic heterocycles. The van der Waals surface area contributed by atoms with Gasteiger partial charge in [-0.15, -0.1) is 0 Å². The standard InChI is InChI=1S/Ba.H4O5P2S2.2H/c;1-6(2,8)5-7(3,4)9;;/h;(H2,1,2,8)(H2,3,4,9);;. The van der Waals surface area contributed by atoms with Crippen LogP contribution < -0.4 is 0 Å². The molecule has 0 bridgehead atoms. The number of rotatable bonds is 2. The van der Waals surface area contributed by atoms with Gasteiger partial charge in [0.2, 0.25) is 0 Å². The third-order valence-corrected chi connectivity index (χ3v) is 3.11. The van der Waals surface area contributed by atoms with Crippen LogP contribution in [0.4, 0.5) is 0 Å². The van der Waals surface area contributed by atoms with Crippen molar-refractivity contribution < 1.29 is 23.9 Å². The van der Waals surface area contributed by atoms with Crippen LogP contribution in [0.15, 0.2) is 0 Å². The molecule has 0 saturated carbocycles. The van der Waals surface area contributed by atoms with Gasteiger partial charge in [0.15, 0.2) is 0 Å². The van der Waals surface area contributed by atoms with Gasteiger partial charge in [0.05, 0.1) is 0 Å². The molecule has 0 atom stereocenters. The summed E-state index contributed by atoms with van der Waals surface area (Å²) in [6.07, 6.45) is 0. The summed E-state index contributed by atoms with van der Waals surface area (Å²) in [5.41, 5.74) is 0. The molecule has 0 radical (unpaired) electrons. The SMILES string of the molecule is OP(O)(=S)OP(O)(O)=S.[BaH2]. The molecule has 0 aliphatic rings. The van der Waals surface area contributed by atoms with Gasteiger partial charge in [-0.1, -0.05) is 0 Å². The van der Waals surface area contributed by atoms with Crippen LogP contribution >= 0.6 is 13.4 Å². The maximum absolute atomic E-state index is 8.25. The Balaban J connectivity index is 0. The van der Waals surface area contributed by atoms with Crippen molar-refractivity contribution in [2.45, 2.75) is 0 Å². The summed E-state index contributed by atoms with van der Waals surface area (Å²) >= 11 is 7.75. The van der Waals surface area contributed by atoms with E-state index in [1.54, 1.807) is 0 Å². The topological polar surface area (TPSA) is 90.2 Å². The van der Waals surface area contributed by atoms with Gasteiger partial charge in [-0.2, -0.15) is 0 Å². The second kappa shape index (κ2) is 5.41. The van der Waals surface area contributed by atoms with Crippen LogP contribution in [0.2, 0.25) is 0 Å². The van der Waals surface area contributed by atoms with E-state index in [2.05, 4.69) is 27.9 Å². The van der Waals surface area contributed by atoms with Crippen LogP contribution in [0.25, 0.3) is 0 Å². The number of hydrogen-bond acceptors (Lipinski definition) is 3. The first-order valence-corrected chi connectivity index (χ1v) is 6.78. The van der Waals surface area contributed by atoms with Gasteiger partial charge in [0, 0.05) is 0 Å². The molecule has 10 heteroatoms. The quantitative estimate of drug-likeness (QED) is 0.357. The fourth-order valence-electron chi connectivity index (χ4n) is 0.139. The molecular formula is H6BaO5P2S2. The summed E-state index contributed by atoms with van der Waals surface area (Å²) < 4.78 is 3.70.